The minimum atomic E-state index is 0.595. The van der Waals surface area contributed by atoms with Gasteiger partial charge >= 0.3 is 0 Å². The summed E-state index contributed by atoms with van der Waals surface area (Å²) >= 11 is 0. The van der Waals surface area contributed by atoms with Gasteiger partial charge < -0.3 is 9.64 Å². The summed E-state index contributed by atoms with van der Waals surface area (Å²) in [5, 5.41) is 9.59. The molecule has 2 heterocycles. The van der Waals surface area contributed by atoms with Crippen molar-refractivity contribution in [2.24, 2.45) is 0 Å². The first-order chi connectivity index (χ1) is 13.9. The number of hydrogen-bond acceptors (Lipinski definition) is 4. The largest absolute Gasteiger partial charge is 0.453 e. The Morgan fingerprint density at radius 3 is 2.00 bits per heavy atom. The average Bonchev–Trinajstić information content (AvgIpc) is 2.77. The SMILES string of the molecule is N#Cc1ccncc1-c1ccccc1N1c2ccccc2Oc2ccccc21. The molecule has 0 saturated heterocycles. The van der Waals surface area contributed by atoms with Crippen LogP contribution in [0.15, 0.2) is 91.3 Å². The summed E-state index contributed by atoms with van der Waals surface area (Å²) < 4.78 is 6.11. The third-order valence-corrected chi connectivity index (χ3v) is 4.81. The molecule has 0 aliphatic carbocycles. The van der Waals surface area contributed by atoms with E-state index in [9.17, 15) is 5.26 Å². The second-order valence-corrected chi connectivity index (χ2v) is 6.42. The Labute approximate surface area is 162 Å². The number of benzene rings is 3. The van der Waals surface area contributed by atoms with E-state index in [1.807, 2.05) is 66.7 Å². The van der Waals surface area contributed by atoms with Crippen molar-refractivity contribution < 1.29 is 4.74 Å². The van der Waals surface area contributed by atoms with Crippen molar-refractivity contribution in [3.8, 4) is 28.7 Å². The molecule has 3 aromatic carbocycles. The predicted octanol–water partition coefficient (Wildman–Crippen LogP) is 6.20. The van der Waals surface area contributed by atoms with Crippen LogP contribution in [0.25, 0.3) is 11.1 Å². The van der Waals surface area contributed by atoms with Gasteiger partial charge in [-0.2, -0.15) is 5.26 Å². The van der Waals surface area contributed by atoms with Crippen LogP contribution in [0.3, 0.4) is 0 Å². The molecule has 1 aliphatic heterocycles. The van der Waals surface area contributed by atoms with E-state index in [0.29, 0.717) is 5.56 Å². The lowest BCUT2D eigenvalue weighted by Gasteiger charge is -2.34. The number of hydrogen-bond donors (Lipinski definition) is 0. The summed E-state index contributed by atoms with van der Waals surface area (Å²) in [5.74, 6) is 1.59. The minimum Gasteiger partial charge on any atom is -0.453 e. The maximum Gasteiger partial charge on any atom is 0.151 e. The molecule has 0 saturated carbocycles. The van der Waals surface area contributed by atoms with Gasteiger partial charge in [-0.3, -0.25) is 4.98 Å². The molecule has 0 unspecified atom stereocenters. The molecule has 4 aromatic rings. The lowest BCUT2D eigenvalue weighted by Crippen LogP contribution is -2.16. The molecule has 132 valence electrons. The highest BCUT2D eigenvalue weighted by Crippen LogP contribution is 2.52. The zero-order valence-corrected chi connectivity index (χ0v) is 14.9. The van der Waals surface area contributed by atoms with Crippen LogP contribution in [0.1, 0.15) is 5.56 Å². The molecule has 0 N–H and O–H groups in total. The topological polar surface area (TPSA) is 49.2 Å². The normalized spacial score (nSPS) is 11.8. The molecule has 0 fully saturated rings. The van der Waals surface area contributed by atoms with Crippen LogP contribution in [0.2, 0.25) is 0 Å². The van der Waals surface area contributed by atoms with Gasteiger partial charge in [0.15, 0.2) is 11.5 Å². The Morgan fingerprint density at radius 1 is 0.714 bits per heavy atom. The van der Waals surface area contributed by atoms with Gasteiger partial charge in [0.2, 0.25) is 0 Å². The summed E-state index contributed by atoms with van der Waals surface area (Å²) in [7, 11) is 0. The maximum atomic E-state index is 9.59. The first-order valence-electron chi connectivity index (χ1n) is 8.96. The smallest absolute Gasteiger partial charge is 0.151 e. The first-order valence-corrected chi connectivity index (χ1v) is 8.96. The van der Waals surface area contributed by atoms with Crippen LogP contribution in [0.5, 0.6) is 11.5 Å². The molecule has 0 amide bonds. The van der Waals surface area contributed by atoms with Crippen molar-refractivity contribution >= 4 is 17.1 Å². The fourth-order valence-electron chi connectivity index (χ4n) is 3.57. The molecule has 0 spiro atoms. The first kappa shape index (κ1) is 16.1. The summed E-state index contributed by atoms with van der Waals surface area (Å²) in [4.78, 5) is 6.43. The van der Waals surface area contributed by atoms with E-state index < -0.39 is 0 Å². The van der Waals surface area contributed by atoms with Crippen molar-refractivity contribution in [3.05, 3.63) is 96.8 Å². The lowest BCUT2D eigenvalue weighted by molar-refractivity contribution is 0.477. The van der Waals surface area contributed by atoms with Gasteiger partial charge in [-0.1, -0.05) is 42.5 Å². The number of pyridine rings is 1. The fourth-order valence-corrected chi connectivity index (χ4v) is 3.57. The van der Waals surface area contributed by atoms with E-state index in [-0.39, 0.29) is 0 Å². The lowest BCUT2D eigenvalue weighted by atomic mass is 9.99. The molecule has 0 atom stereocenters. The van der Waals surface area contributed by atoms with E-state index in [1.165, 1.54) is 0 Å². The molecule has 4 nitrogen and oxygen atoms in total. The number of nitrogens with zero attached hydrogens (tertiary/aromatic N) is 3. The average molecular weight is 361 g/mol. The van der Waals surface area contributed by atoms with Crippen molar-refractivity contribution in [2.45, 2.75) is 0 Å². The maximum absolute atomic E-state index is 9.59. The van der Waals surface area contributed by atoms with Gasteiger partial charge in [0.05, 0.1) is 28.7 Å². The van der Waals surface area contributed by atoms with Crippen LogP contribution in [-0.4, -0.2) is 4.98 Å². The molecule has 28 heavy (non-hydrogen) atoms. The monoisotopic (exact) mass is 361 g/mol. The second kappa shape index (κ2) is 6.57. The van der Waals surface area contributed by atoms with Crippen molar-refractivity contribution in [3.63, 3.8) is 0 Å². The summed E-state index contributed by atoms with van der Waals surface area (Å²) in [6.45, 7) is 0. The molecule has 5 rings (SSSR count). The van der Waals surface area contributed by atoms with E-state index in [2.05, 4.69) is 22.0 Å². The van der Waals surface area contributed by atoms with Crippen molar-refractivity contribution in [1.29, 1.82) is 5.26 Å². The van der Waals surface area contributed by atoms with Crippen LogP contribution < -0.4 is 9.64 Å². The Bertz CT molecular complexity index is 1180. The summed E-state index contributed by atoms with van der Waals surface area (Å²) in [6, 6.07) is 28.0. The van der Waals surface area contributed by atoms with E-state index in [1.54, 1.807) is 18.5 Å². The zero-order chi connectivity index (χ0) is 18.9. The fraction of sp³-hybridized carbons (Fsp3) is 0. The molecule has 1 aliphatic rings. The zero-order valence-electron chi connectivity index (χ0n) is 14.9. The third kappa shape index (κ3) is 2.50. The number of aromatic nitrogens is 1. The van der Waals surface area contributed by atoms with Crippen LogP contribution in [0.4, 0.5) is 17.1 Å². The Balaban J connectivity index is 1.79. The quantitative estimate of drug-likeness (QED) is 0.376. The second-order valence-electron chi connectivity index (χ2n) is 6.42. The highest BCUT2D eigenvalue weighted by atomic mass is 16.5. The van der Waals surface area contributed by atoms with Crippen molar-refractivity contribution in [1.82, 2.24) is 4.98 Å². The summed E-state index contributed by atoms with van der Waals surface area (Å²) in [6.07, 6.45) is 3.39. The molecule has 4 heteroatoms. The summed E-state index contributed by atoms with van der Waals surface area (Å²) in [5.41, 5.74) is 5.22. The van der Waals surface area contributed by atoms with Crippen LogP contribution in [0, 0.1) is 11.3 Å². The molecular weight excluding hydrogens is 346 g/mol. The molecule has 0 radical (unpaired) electrons. The minimum absolute atomic E-state index is 0.595. The van der Waals surface area contributed by atoms with Gasteiger partial charge in [-0.25, -0.2) is 0 Å². The van der Waals surface area contributed by atoms with E-state index in [0.717, 1.165) is 39.7 Å². The number of para-hydroxylation sites is 5. The van der Waals surface area contributed by atoms with Crippen LogP contribution in [-0.2, 0) is 0 Å². The third-order valence-electron chi connectivity index (χ3n) is 4.81. The number of ether oxygens (including phenoxy) is 1. The van der Waals surface area contributed by atoms with E-state index in [4.69, 9.17) is 4.74 Å². The Kier molecular flexibility index (Phi) is 3.78. The molecular formula is C24H15N3O. The van der Waals surface area contributed by atoms with Gasteiger partial charge in [0.25, 0.3) is 0 Å². The van der Waals surface area contributed by atoms with Crippen LogP contribution >= 0.6 is 0 Å². The Morgan fingerprint density at radius 2 is 1.32 bits per heavy atom. The highest BCUT2D eigenvalue weighted by molar-refractivity contribution is 5.93. The number of anilines is 3. The Hall–Kier alpha value is -4.10. The predicted molar refractivity (Wildman–Crippen MR) is 109 cm³/mol. The molecule has 0 bridgehead atoms. The number of fused-ring (bicyclic) bond motifs is 2. The van der Waals surface area contributed by atoms with Gasteiger partial charge in [-0.05, 0) is 36.4 Å². The molecule has 1 aromatic heterocycles. The standard InChI is InChI=1S/C24H15N3O/c25-15-17-13-14-26-16-19(17)18-7-1-2-8-20(18)27-21-9-3-5-11-23(21)28-24-12-6-4-10-22(24)27/h1-14,16H. The van der Waals surface area contributed by atoms with Gasteiger partial charge in [0, 0.05) is 23.5 Å². The highest BCUT2D eigenvalue weighted by Gasteiger charge is 2.27. The van der Waals surface area contributed by atoms with Gasteiger partial charge in [-0.15, -0.1) is 0 Å². The van der Waals surface area contributed by atoms with E-state index >= 15 is 0 Å². The van der Waals surface area contributed by atoms with Crippen molar-refractivity contribution in [2.75, 3.05) is 4.90 Å². The number of nitriles is 1. The number of rotatable bonds is 2. The van der Waals surface area contributed by atoms with Gasteiger partial charge in [0.1, 0.15) is 0 Å².